The van der Waals surface area contributed by atoms with Crippen molar-refractivity contribution in [3.05, 3.63) is 18.2 Å². The summed E-state index contributed by atoms with van der Waals surface area (Å²) in [5.41, 5.74) is 0.164. The highest BCUT2D eigenvalue weighted by Crippen LogP contribution is 2.28. The molecule has 0 saturated heterocycles. The van der Waals surface area contributed by atoms with E-state index in [0.717, 1.165) is 31.5 Å². The first-order chi connectivity index (χ1) is 12.0. The molecule has 1 aromatic heterocycles. The highest BCUT2D eigenvalue weighted by Gasteiger charge is 2.40. The fraction of sp³-hybridized carbons (Fsp3) is 0.625. The maximum Gasteiger partial charge on any atom is 0.315 e. The van der Waals surface area contributed by atoms with Crippen LogP contribution in [0.25, 0.3) is 0 Å². The van der Waals surface area contributed by atoms with Crippen LogP contribution in [0.15, 0.2) is 12.5 Å². The molecule has 4 N–H and O–H groups in total. The topological polar surface area (TPSA) is 125 Å². The van der Waals surface area contributed by atoms with Gasteiger partial charge in [0, 0.05) is 19.8 Å². The Hall–Kier alpha value is -2.58. The number of nitrogens with one attached hydrogen (secondary N) is 3. The van der Waals surface area contributed by atoms with E-state index in [4.69, 9.17) is 9.90 Å². The van der Waals surface area contributed by atoms with Crippen LogP contribution in [-0.4, -0.2) is 45.7 Å². The molecule has 3 amide bonds. The summed E-state index contributed by atoms with van der Waals surface area (Å²) < 4.78 is 1.97. The number of hydrogen-bond acceptors (Lipinski definition) is 4. The largest absolute Gasteiger partial charge is 0.483 e. The number of urea groups is 1. The molecule has 9 nitrogen and oxygen atoms in total. The van der Waals surface area contributed by atoms with Gasteiger partial charge in [-0.2, -0.15) is 0 Å². The molecular weight excluding hydrogens is 326 g/mol. The third kappa shape index (κ3) is 5.77. The zero-order valence-corrected chi connectivity index (χ0v) is 14.7. The van der Waals surface area contributed by atoms with Gasteiger partial charge in [0.2, 0.25) is 5.91 Å². The fourth-order valence-electron chi connectivity index (χ4n) is 3.02. The molecule has 1 fully saturated rings. The molecule has 1 aliphatic carbocycles. The molecule has 0 aromatic carbocycles. The molecule has 0 aliphatic heterocycles. The van der Waals surface area contributed by atoms with Crippen LogP contribution in [0.1, 0.15) is 44.7 Å². The number of aryl methyl sites for hydroxylation is 1. The van der Waals surface area contributed by atoms with Gasteiger partial charge >= 0.3 is 6.03 Å². The lowest BCUT2D eigenvalue weighted by Gasteiger charge is -2.36. The number of carbonyl (C=O) groups is 3. The molecule has 0 radical (unpaired) electrons. The Morgan fingerprint density at radius 3 is 2.56 bits per heavy atom. The molecule has 0 atom stereocenters. The normalized spacial score (nSPS) is 15.3. The summed E-state index contributed by atoms with van der Waals surface area (Å²) in [6.45, 7) is 2.97. The van der Waals surface area contributed by atoms with Crippen molar-refractivity contribution in [1.29, 1.82) is 0 Å². The smallest absolute Gasteiger partial charge is 0.315 e. The number of hydrogen-bond donors (Lipinski definition) is 4. The second-order valence-electron chi connectivity index (χ2n) is 5.81. The first kappa shape index (κ1) is 20.5. The van der Waals surface area contributed by atoms with Crippen molar-refractivity contribution in [3.8, 4) is 0 Å². The summed E-state index contributed by atoms with van der Waals surface area (Å²) in [5.74, 6) is -0.110. The third-order valence-corrected chi connectivity index (χ3v) is 4.29. The Labute approximate surface area is 147 Å². The molecule has 0 unspecified atom stereocenters. The van der Waals surface area contributed by atoms with E-state index in [1.54, 1.807) is 19.6 Å². The monoisotopic (exact) mass is 353 g/mol. The molecule has 1 aromatic rings. The molecule has 1 heterocycles. The molecule has 9 heteroatoms. The van der Waals surface area contributed by atoms with Crippen molar-refractivity contribution >= 4 is 18.4 Å². The zero-order chi connectivity index (χ0) is 18.7. The van der Waals surface area contributed by atoms with Crippen molar-refractivity contribution in [3.63, 3.8) is 0 Å². The minimum Gasteiger partial charge on any atom is -0.483 e. The number of rotatable bonds is 5. The maximum atomic E-state index is 12.2. The minimum absolute atomic E-state index is 0.110. The van der Waals surface area contributed by atoms with E-state index in [2.05, 4.69) is 20.9 Å². The van der Waals surface area contributed by atoms with Gasteiger partial charge in [0.15, 0.2) is 0 Å². The molecule has 1 saturated carbocycles. The number of carboxylic acid groups (broad SMARTS) is 1. The number of carbonyl (C=O) groups excluding carboxylic acids is 2. The van der Waals surface area contributed by atoms with Crippen LogP contribution < -0.4 is 16.0 Å². The summed E-state index contributed by atoms with van der Waals surface area (Å²) in [4.78, 5) is 36.8. The lowest BCUT2D eigenvalue weighted by Crippen LogP contribution is -2.61. The van der Waals surface area contributed by atoms with Gasteiger partial charge in [-0.1, -0.05) is 19.3 Å². The molecule has 0 spiro atoms. The zero-order valence-electron chi connectivity index (χ0n) is 14.7. The summed E-state index contributed by atoms with van der Waals surface area (Å²) in [6.07, 6.45) is 7.87. The summed E-state index contributed by atoms with van der Waals surface area (Å²) in [7, 11) is 1.61. The van der Waals surface area contributed by atoms with Crippen LogP contribution in [0.5, 0.6) is 0 Å². The van der Waals surface area contributed by atoms with Crippen LogP contribution in [0, 0.1) is 0 Å². The van der Waals surface area contributed by atoms with Crippen molar-refractivity contribution in [1.82, 2.24) is 25.5 Å². The molecule has 1 aliphatic rings. The van der Waals surface area contributed by atoms with Crippen LogP contribution in [0.3, 0.4) is 0 Å². The predicted molar refractivity (Wildman–Crippen MR) is 91.8 cm³/mol. The lowest BCUT2D eigenvalue weighted by molar-refractivity contribution is -0.128. The van der Waals surface area contributed by atoms with Crippen LogP contribution in [0.2, 0.25) is 0 Å². The predicted octanol–water partition coefficient (Wildman–Crippen LogP) is 0.852. The fourth-order valence-corrected chi connectivity index (χ4v) is 3.02. The first-order valence-electron chi connectivity index (χ1n) is 8.38. The minimum atomic E-state index is -0.776. The van der Waals surface area contributed by atoms with E-state index in [1.807, 2.05) is 11.5 Å². The molecular formula is C16H27N5O4. The van der Waals surface area contributed by atoms with E-state index in [-0.39, 0.29) is 18.4 Å². The van der Waals surface area contributed by atoms with Gasteiger partial charge in [0.1, 0.15) is 5.54 Å². The van der Waals surface area contributed by atoms with Gasteiger partial charge in [-0.25, -0.2) is 9.78 Å². The van der Waals surface area contributed by atoms with Gasteiger partial charge in [-0.3, -0.25) is 9.59 Å². The summed E-state index contributed by atoms with van der Waals surface area (Å²) in [5, 5.41) is 15.3. The highest BCUT2D eigenvalue weighted by atomic mass is 16.3. The number of nitrogens with zero attached hydrogens (tertiary/aromatic N) is 2. The van der Waals surface area contributed by atoms with Gasteiger partial charge in [0.25, 0.3) is 6.47 Å². The van der Waals surface area contributed by atoms with Gasteiger partial charge in [-0.05, 0) is 19.8 Å². The Morgan fingerprint density at radius 2 is 2.00 bits per heavy atom. The van der Waals surface area contributed by atoms with E-state index >= 15 is 0 Å². The summed E-state index contributed by atoms with van der Waals surface area (Å²) in [6, 6.07) is -0.311. The van der Waals surface area contributed by atoms with E-state index in [9.17, 15) is 9.59 Å². The van der Waals surface area contributed by atoms with Crippen LogP contribution in [0.4, 0.5) is 4.79 Å². The Bertz CT molecular complexity index is 567. The second kappa shape index (κ2) is 10.3. The number of imidazole rings is 1. The second-order valence-corrected chi connectivity index (χ2v) is 5.81. The SMILES string of the molecule is CCn1cncc1CNC(=O)NC1(C(=O)NC)CCCCC1.O=CO. The molecule has 140 valence electrons. The Kier molecular flexibility index (Phi) is 8.45. The number of likely N-dealkylation sites (N-methyl/N-ethyl adjacent to an activating group) is 1. The standard InChI is InChI=1S/C15H25N5O2.CH2O2/c1-3-20-11-17-9-12(20)10-18-14(22)19-15(13(21)16-2)7-5-4-6-8-15;2-1-3/h9,11H,3-8,10H2,1-2H3,(H,16,21)(H2,18,19,22);1H,(H,2,3). The Balaban J connectivity index is 0.000000970. The van der Waals surface area contributed by atoms with Crippen LogP contribution >= 0.6 is 0 Å². The van der Waals surface area contributed by atoms with Crippen molar-refractivity contribution < 1.29 is 19.5 Å². The van der Waals surface area contributed by atoms with Crippen molar-refractivity contribution in [2.45, 2.75) is 57.7 Å². The van der Waals surface area contributed by atoms with E-state index < -0.39 is 5.54 Å². The average molecular weight is 353 g/mol. The number of aromatic nitrogens is 2. The lowest BCUT2D eigenvalue weighted by atomic mass is 9.81. The maximum absolute atomic E-state index is 12.2. The molecule has 2 rings (SSSR count). The molecule has 0 bridgehead atoms. The Morgan fingerprint density at radius 1 is 1.36 bits per heavy atom. The van der Waals surface area contributed by atoms with Crippen molar-refractivity contribution in [2.75, 3.05) is 7.05 Å². The average Bonchev–Trinajstić information content (AvgIpc) is 3.08. The third-order valence-electron chi connectivity index (χ3n) is 4.29. The van der Waals surface area contributed by atoms with Crippen molar-refractivity contribution in [2.24, 2.45) is 0 Å². The number of amides is 3. The quantitative estimate of drug-likeness (QED) is 0.584. The van der Waals surface area contributed by atoms with Gasteiger partial charge in [-0.15, -0.1) is 0 Å². The van der Waals surface area contributed by atoms with Gasteiger partial charge < -0.3 is 25.6 Å². The first-order valence-corrected chi connectivity index (χ1v) is 8.38. The summed E-state index contributed by atoms with van der Waals surface area (Å²) >= 11 is 0. The van der Waals surface area contributed by atoms with E-state index in [0.29, 0.717) is 19.4 Å². The van der Waals surface area contributed by atoms with E-state index in [1.165, 1.54) is 0 Å². The van der Waals surface area contributed by atoms with Gasteiger partial charge in [0.05, 0.1) is 18.6 Å². The molecule has 25 heavy (non-hydrogen) atoms. The van der Waals surface area contributed by atoms with Crippen LogP contribution in [-0.2, 0) is 22.7 Å². The highest BCUT2D eigenvalue weighted by molar-refractivity contribution is 5.91.